The molecule has 0 spiro atoms. The molecule has 0 radical (unpaired) electrons. The van der Waals surface area contributed by atoms with Crippen molar-refractivity contribution in [3.63, 3.8) is 0 Å². The Hall–Kier alpha value is -2.75. The fourth-order valence-corrected chi connectivity index (χ4v) is 2.71. The quantitative estimate of drug-likeness (QED) is 0.298. The van der Waals surface area contributed by atoms with Crippen LogP contribution in [-0.4, -0.2) is 60.3 Å². The maximum atomic E-state index is 14.6. The zero-order valence-corrected chi connectivity index (χ0v) is 17.9. The molecule has 4 nitrogen and oxygen atoms in total. The van der Waals surface area contributed by atoms with E-state index in [1.807, 2.05) is 0 Å². The average Bonchev–Trinajstić information content (AvgIpc) is 2.76. The Morgan fingerprint density at radius 1 is 0.778 bits per heavy atom. The molecule has 1 aromatic carbocycles. The molecule has 0 fully saturated rings. The lowest BCUT2D eigenvalue weighted by atomic mass is 9.84. The molecule has 0 saturated carbocycles. The van der Waals surface area contributed by atoms with Crippen LogP contribution < -0.4 is 5.32 Å². The number of alkyl halides is 13. The standard InChI is InChI=1S/C19H16F13NO3/c1-3-36-13(35)11(33-12(34)10-7-5-4-6-8-10)9(2)14(20,21)15(22,23)16(24,25)17(26,27)18(28,29)19(30,31)32/h4-9,11H,3H2,1-2H3,(H,33,34). The lowest BCUT2D eigenvalue weighted by Crippen LogP contribution is -2.72. The summed E-state index contributed by atoms with van der Waals surface area (Å²) in [4.78, 5) is 24.2. The van der Waals surface area contributed by atoms with E-state index in [0.717, 1.165) is 19.1 Å². The number of hydrogen-bond donors (Lipinski definition) is 1. The molecule has 36 heavy (non-hydrogen) atoms. The van der Waals surface area contributed by atoms with Crippen LogP contribution in [0.25, 0.3) is 0 Å². The summed E-state index contributed by atoms with van der Waals surface area (Å²) in [6, 6.07) is 2.83. The summed E-state index contributed by atoms with van der Waals surface area (Å²) >= 11 is 0. The zero-order valence-electron chi connectivity index (χ0n) is 17.9. The van der Waals surface area contributed by atoms with Gasteiger partial charge in [0.15, 0.2) is 0 Å². The van der Waals surface area contributed by atoms with E-state index in [-0.39, 0.29) is 6.92 Å². The molecule has 0 aliphatic rings. The first kappa shape index (κ1) is 31.3. The van der Waals surface area contributed by atoms with E-state index in [1.165, 1.54) is 23.5 Å². The normalized spacial score (nSPS) is 15.8. The second-order valence-corrected chi connectivity index (χ2v) is 7.28. The number of carbonyl (C=O) groups is 2. The number of hydrogen-bond acceptors (Lipinski definition) is 3. The van der Waals surface area contributed by atoms with Crippen LogP contribution in [0.3, 0.4) is 0 Å². The molecule has 0 aliphatic carbocycles. The number of halogens is 13. The van der Waals surface area contributed by atoms with E-state index in [0.29, 0.717) is 0 Å². The number of rotatable bonds is 10. The predicted molar refractivity (Wildman–Crippen MR) is 94.3 cm³/mol. The topological polar surface area (TPSA) is 55.4 Å². The maximum Gasteiger partial charge on any atom is 0.460 e. The van der Waals surface area contributed by atoms with Crippen LogP contribution in [0, 0.1) is 5.92 Å². The molecule has 1 N–H and O–H groups in total. The molecule has 0 aliphatic heterocycles. The zero-order chi connectivity index (χ0) is 28.5. The van der Waals surface area contributed by atoms with Gasteiger partial charge in [0.25, 0.3) is 5.91 Å². The van der Waals surface area contributed by atoms with E-state index >= 15 is 0 Å². The first-order valence-corrected chi connectivity index (χ1v) is 9.50. The minimum Gasteiger partial charge on any atom is -0.464 e. The predicted octanol–water partition coefficient (Wildman–Crippen LogP) is 5.72. The summed E-state index contributed by atoms with van der Waals surface area (Å²) in [6.07, 6.45) is -7.55. The fourth-order valence-electron chi connectivity index (χ4n) is 2.71. The van der Waals surface area contributed by atoms with Crippen LogP contribution in [0.5, 0.6) is 0 Å². The maximum absolute atomic E-state index is 14.6. The number of carbonyl (C=O) groups excluding carboxylic acids is 2. The third-order valence-electron chi connectivity index (χ3n) is 4.89. The Labute approximate surface area is 193 Å². The van der Waals surface area contributed by atoms with E-state index in [2.05, 4.69) is 4.74 Å². The summed E-state index contributed by atoms with van der Waals surface area (Å²) < 4.78 is 179. The van der Waals surface area contributed by atoms with Crippen LogP contribution in [0.15, 0.2) is 30.3 Å². The van der Waals surface area contributed by atoms with Gasteiger partial charge in [0.05, 0.1) is 12.5 Å². The van der Waals surface area contributed by atoms with Gasteiger partial charge in [0, 0.05) is 5.56 Å². The summed E-state index contributed by atoms with van der Waals surface area (Å²) in [5.41, 5.74) is -0.393. The first-order valence-electron chi connectivity index (χ1n) is 9.50. The number of benzene rings is 1. The van der Waals surface area contributed by atoms with Crippen molar-refractivity contribution in [2.45, 2.75) is 55.7 Å². The molecule has 0 heterocycles. The largest absolute Gasteiger partial charge is 0.464 e. The fraction of sp³-hybridized carbons (Fsp3) is 0.579. The van der Waals surface area contributed by atoms with Gasteiger partial charge in [-0.1, -0.05) is 25.1 Å². The van der Waals surface area contributed by atoms with Gasteiger partial charge < -0.3 is 10.1 Å². The molecule has 0 bridgehead atoms. The molecule has 0 saturated heterocycles. The Morgan fingerprint density at radius 2 is 1.22 bits per heavy atom. The molecule has 2 unspecified atom stereocenters. The molecule has 17 heteroatoms. The highest BCUT2D eigenvalue weighted by molar-refractivity contribution is 5.96. The minimum atomic E-state index is -8.09. The summed E-state index contributed by atoms with van der Waals surface area (Å²) in [7, 11) is 0. The van der Waals surface area contributed by atoms with E-state index in [9.17, 15) is 66.7 Å². The monoisotopic (exact) mass is 553 g/mol. The molecule has 1 amide bonds. The van der Waals surface area contributed by atoms with Crippen LogP contribution in [0.1, 0.15) is 24.2 Å². The molecular weight excluding hydrogens is 537 g/mol. The number of esters is 1. The Kier molecular flexibility index (Phi) is 8.65. The highest BCUT2D eigenvalue weighted by Gasteiger charge is 2.91. The Bertz CT molecular complexity index is 932. The lowest BCUT2D eigenvalue weighted by Gasteiger charge is -2.42. The molecule has 1 aromatic rings. The lowest BCUT2D eigenvalue weighted by molar-refractivity contribution is -0.443. The van der Waals surface area contributed by atoms with Crippen molar-refractivity contribution in [2.24, 2.45) is 5.92 Å². The van der Waals surface area contributed by atoms with Gasteiger partial charge in [-0.05, 0) is 19.1 Å². The van der Waals surface area contributed by atoms with Gasteiger partial charge in [0.1, 0.15) is 6.04 Å². The van der Waals surface area contributed by atoms with Crippen molar-refractivity contribution in [3.8, 4) is 0 Å². The Balaban J connectivity index is 3.55. The van der Waals surface area contributed by atoms with E-state index in [4.69, 9.17) is 0 Å². The first-order chi connectivity index (χ1) is 16.0. The third-order valence-corrected chi connectivity index (χ3v) is 4.89. The third kappa shape index (κ3) is 5.05. The van der Waals surface area contributed by atoms with Gasteiger partial charge in [0.2, 0.25) is 0 Å². The second-order valence-electron chi connectivity index (χ2n) is 7.28. The van der Waals surface area contributed by atoms with Crippen molar-refractivity contribution in [2.75, 3.05) is 6.61 Å². The number of nitrogens with one attached hydrogen (secondary N) is 1. The summed E-state index contributed by atoms with van der Waals surface area (Å²) in [5, 5.41) is 1.45. The molecule has 206 valence electrons. The van der Waals surface area contributed by atoms with Gasteiger partial charge in [-0.15, -0.1) is 0 Å². The van der Waals surface area contributed by atoms with Crippen LogP contribution in [-0.2, 0) is 9.53 Å². The van der Waals surface area contributed by atoms with Crippen molar-refractivity contribution in [1.29, 1.82) is 0 Å². The molecule has 0 aromatic heterocycles. The minimum absolute atomic E-state index is 0.142. The van der Waals surface area contributed by atoms with Gasteiger partial charge in [-0.25, -0.2) is 4.79 Å². The second kappa shape index (κ2) is 9.95. The van der Waals surface area contributed by atoms with Gasteiger partial charge >= 0.3 is 41.8 Å². The SMILES string of the molecule is CCOC(=O)C(NC(=O)c1ccccc1)C(C)C(F)(F)C(F)(F)C(F)(F)C(F)(F)C(F)(F)C(F)(F)F. The van der Waals surface area contributed by atoms with E-state index in [1.54, 1.807) is 0 Å². The van der Waals surface area contributed by atoms with Crippen molar-refractivity contribution < 1.29 is 71.4 Å². The molecule has 2 atom stereocenters. The van der Waals surface area contributed by atoms with Crippen molar-refractivity contribution >= 4 is 11.9 Å². The van der Waals surface area contributed by atoms with Crippen molar-refractivity contribution in [3.05, 3.63) is 35.9 Å². The van der Waals surface area contributed by atoms with Crippen LogP contribution in [0.4, 0.5) is 57.1 Å². The Morgan fingerprint density at radius 3 is 1.64 bits per heavy atom. The van der Waals surface area contributed by atoms with Crippen LogP contribution in [0.2, 0.25) is 0 Å². The van der Waals surface area contributed by atoms with Crippen LogP contribution >= 0.6 is 0 Å². The van der Waals surface area contributed by atoms with Gasteiger partial charge in [-0.3, -0.25) is 4.79 Å². The molecular formula is C19H16F13NO3. The molecule has 1 rings (SSSR count). The number of amides is 1. The van der Waals surface area contributed by atoms with Gasteiger partial charge in [-0.2, -0.15) is 57.1 Å². The highest BCUT2D eigenvalue weighted by atomic mass is 19.4. The number of ether oxygens (including phenoxy) is 1. The summed E-state index contributed by atoms with van der Waals surface area (Å²) in [6.45, 7) is 0.257. The smallest absolute Gasteiger partial charge is 0.460 e. The average molecular weight is 553 g/mol. The van der Waals surface area contributed by atoms with E-state index < -0.39 is 71.8 Å². The highest BCUT2D eigenvalue weighted by Crippen LogP contribution is 2.61. The van der Waals surface area contributed by atoms with Crippen molar-refractivity contribution in [1.82, 2.24) is 5.32 Å². The summed E-state index contributed by atoms with van der Waals surface area (Å²) in [5.74, 6) is -45.2.